The summed E-state index contributed by atoms with van der Waals surface area (Å²) < 4.78 is 5.82. The number of benzene rings is 1. The minimum absolute atomic E-state index is 0. The van der Waals surface area contributed by atoms with Crippen LogP contribution in [0.4, 0.5) is 0 Å². The van der Waals surface area contributed by atoms with E-state index >= 15 is 0 Å². The van der Waals surface area contributed by atoms with Gasteiger partial charge in [0.05, 0.1) is 11.5 Å². The van der Waals surface area contributed by atoms with Crippen molar-refractivity contribution < 1.29 is 33.5 Å². The molecular formula is C14H17ClLiNO3. The summed E-state index contributed by atoms with van der Waals surface area (Å²) in [5.74, 6) is -0.346. The fraction of sp³-hybridized carbons (Fsp3) is 0.500. The van der Waals surface area contributed by atoms with E-state index in [-0.39, 0.29) is 25.0 Å². The zero-order valence-electron chi connectivity index (χ0n) is 12.1. The maximum atomic E-state index is 11.1. The predicted octanol–water partition coefficient (Wildman–Crippen LogP) is -1.67. The van der Waals surface area contributed by atoms with E-state index in [1.165, 1.54) is 0 Å². The van der Waals surface area contributed by atoms with E-state index in [4.69, 9.17) is 16.3 Å². The van der Waals surface area contributed by atoms with Crippen molar-refractivity contribution in [2.24, 2.45) is 0 Å². The topological polar surface area (TPSA) is 52.6 Å². The molecule has 0 spiro atoms. The van der Waals surface area contributed by atoms with Gasteiger partial charge in [0.25, 0.3) is 0 Å². The minimum atomic E-state index is -1.06. The van der Waals surface area contributed by atoms with E-state index in [9.17, 15) is 9.90 Å². The second-order valence-electron chi connectivity index (χ2n) is 5.28. The Balaban J connectivity index is 0.00000200. The van der Waals surface area contributed by atoms with Crippen LogP contribution < -0.4 is 28.7 Å². The molecule has 1 fully saturated rings. The van der Waals surface area contributed by atoms with E-state index in [1.54, 1.807) is 26.0 Å². The Hall–Kier alpha value is -0.663. The van der Waals surface area contributed by atoms with Gasteiger partial charge in [0.2, 0.25) is 0 Å². The van der Waals surface area contributed by atoms with Gasteiger partial charge in [-0.25, -0.2) is 0 Å². The van der Waals surface area contributed by atoms with Gasteiger partial charge < -0.3 is 14.6 Å². The number of hydrogen-bond acceptors (Lipinski definition) is 4. The maximum Gasteiger partial charge on any atom is 1.00 e. The number of carboxylic acids is 1. The van der Waals surface area contributed by atoms with Crippen molar-refractivity contribution in [2.45, 2.75) is 31.9 Å². The summed E-state index contributed by atoms with van der Waals surface area (Å²) >= 11 is 5.90. The van der Waals surface area contributed by atoms with Crippen LogP contribution in [0.15, 0.2) is 24.3 Å². The molecule has 0 aromatic heterocycles. The molecule has 0 N–H and O–H groups in total. The van der Waals surface area contributed by atoms with Crippen molar-refractivity contribution in [2.75, 3.05) is 13.1 Å². The average molecular weight is 290 g/mol. The number of carbonyl (C=O) groups excluding carboxylic acids is 1. The number of rotatable bonds is 4. The van der Waals surface area contributed by atoms with Gasteiger partial charge in [-0.2, -0.15) is 0 Å². The fourth-order valence-electron chi connectivity index (χ4n) is 2.19. The first kappa shape index (κ1) is 17.4. The summed E-state index contributed by atoms with van der Waals surface area (Å²) in [5, 5.41) is 11.7. The number of likely N-dealkylation sites (tertiary alicyclic amines) is 1. The van der Waals surface area contributed by atoms with Crippen LogP contribution in [0.2, 0.25) is 5.02 Å². The largest absolute Gasteiger partial charge is 1.00 e. The Labute approximate surface area is 136 Å². The summed E-state index contributed by atoms with van der Waals surface area (Å²) in [6, 6.07) is 7.22. The molecule has 20 heavy (non-hydrogen) atoms. The van der Waals surface area contributed by atoms with Gasteiger partial charge in [0.15, 0.2) is 0 Å². The Morgan fingerprint density at radius 2 is 2.20 bits per heavy atom. The number of ether oxygens (including phenoxy) is 1. The van der Waals surface area contributed by atoms with Crippen LogP contribution in [-0.4, -0.2) is 35.6 Å². The molecule has 4 nitrogen and oxygen atoms in total. The van der Waals surface area contributed by atoms with E-state index in [0.29, 0.717) is 23.9 Å². The minimum Gasteiger partial charge on any atom is -0.548 e. The number of carboxylic acid groups (broad SMARTS) is 1. The molecule has 2 rings (SSSR count). The number of halogens is 1. The second-order valence-corrected chi connectivity index (χ2v) is 5.71. The molecule has 1 aromatic carbocycles. The molecule has 104 valence electrons. The zero-order valence-corrected chi connectivity index (χ0v) is 12.8. The average Bonchev–Trinajstić information content (AvgIpc) is 2.78. The first-order valence-electron chi connectivity index (χ1n) is 6.28. The number of aliphatic carboxylic acids is 1. The first-order valence-corrected chi connectivity index (χ1v) is 6.66. The van der Waals surface area contributed by atoms with Gasteiger partial charge in [-0.05, 0) is 38.5 Å². The Morgan fingerprint density at radius 1 is 1.50 bits per heavy atom. The van der Waals surface area contributed by atoms with Crippen LogP contribution in [0, 0.1) is 0 Å². The van der Waals surface area contributed by atoms with Gasteiger partial charge in [0, 0.05) is 18.1 Å². The smallest absolute Gasteiger partial charge is 0.548 e. The van der Waals surface area contributed by atoms with Crippen LogP contribution in [0.1, 0.15) is 20.3 Å². The van der Waals surface area contributed by atoms with Gasteiger partial charge in [-0.1, -0.05) is 17.7 Å². The van der Waals surface area contributed by atoms with Crippen molar-refractivity contribution >= 4 is 17.6 Å². The maximum absolute atomic E-state index is 11.1. The molecule has 1 saturated heterocycles. The molecule has 0 saturated carbocycles. The van der Waals surface area contributed by atoms with Crippen molar-refractivity contribution in [3.05, 3.63) is 29.3 Å². The van der Waals surface area contributed by atoms with Crippen LogP contribution in [-0.2, 0) is 4.79 Å². The molecule has 0 bridgehead atoms. The van der Waals surface area contributed by atoms with Gasteiger partial charge >= 0.3 is 18.9 Å². The van der Waals surface area contributed by atoms with Crippen molar-refractivity contribution in [1.29, 1.82) is 0 Å². The summed E-state index contributed by atoms with van der Waals surface area (Å²) in [6.45, 7) is 4.58. The Morgan fingerprint density at radius 3 is 2.80 bits per heavy atom. The molecule has 1 aromatic rings. The summed E-state index contributed by atoms with van der Waals surface area (Å²) in [7, 11) is 0. The van der Waals surface area contributed by atoms with Crippen molar-refractivity contribution in [1.82, 2.24) is 4.90 Å². The molecule has 0 radical (unpaired) electrons. The predicted molar refractivity (Wildman–Crippen MR) is 71.1 cm³/mol. The normalized spacial score (nSPS) is 19.4. The van der Waals surface area contributed by atoms with E-state index in [1.807, 2.05) is 17.0 Å². The van der Waals surface area contributed by atoms with Gasteiger partial charge in [-0.3, -0.25) is 4.90 Å². The van der Waals surface area contributed by atoms with Crippen LogP contribution in [0.25, 0.3) is 0 Å². The summed E-state index contributed by atoms with van der Waals surface area (Å²) in [4.78, 5) is 13.0. The third kappa shape index (κ3) is 3.92. The van der Waals surface area contributed by atoms with Crippen LogP contribution >= 0.6 is 11.6 Å². The number of nitrogens with zero attached hydrogens (tertiary/aromatic N) is 1. The monoisotopic (exact) mass is 289 g/mol. The molecule has 0 aliphatic carbocycles. The van der Waals surface area contributed by atoms with Crippen molar-refractivity contribution in [3.63, 3.8) is 0 Å². The standard InChI is InChI=1S/C14H18ClNO3.Li/c1-14(2,13(17)18)16-7-6-12(9-16)19-11-5-3-4-10(15)8-11;/h3-5,8,12H,6-7,9H2,1-2H3,(H,17,18);/q;+1/p-1/t12-;/m1./s1. The number of carbonyl (C=O) groups is 1. The zero-order chi connectivity index (χ0) is 14.0. The van der Waals surface area contributed by atoms with Crippen molar-refractivity contribution in [3.8, 4) is 5.75 Å². The van der Waals surface area contributed by atoms with E-state index in [2.05, 4.69) is 0 Å². The van der Waals surface area contributed by atoms with E-state index < -0.39 is 11.5 Å². The summed E-state index contributed by atoms with van der Waals surface area (Å²) in [5.41, 5.74) is -0.966. The molecule has 6 heteroatoms. The SMILES string of the molecule is CC(C)(C(=O)[O-])N1CC[C@@H](Oc2cccc(Cl)c2)C1.[Li+]. The summed E-state index contributed by atoms with van der Waals surface area (Å²) in [6.07, 6.45) is 0.778. The molecule has 0 amide bonds. The quantitative estimate of drug-likeness (QED) is 0.622. The van der Waals surface area contributed by atoms with E-state index in [0.717, 1.165) is 6.42 Å². The Bertz CT molecular complexity index is 481. The molecule has 1 aliphatic rings. The van der Waals surface area contributed by atoms with Gasteiger partial charge in [-0.15, -0.1) is 0 Å². The third-order valence-electron chi connectivity index (χ3n) is 3.53. The van der Waals surface area contributed by atoms with Crippen LogP contribution in [0.5, 0.6) is 5.75 Å². The molecular weight excluding hydrogens is 273 g/mol. The molecule has 0 unspecified atom stereocenters. The number of hydrogen-bond donors (Lipinski definition) is 0. The second kappa shape index (κ2) is 6.86. The first-order chi connectivity index (χ1) is 8.89. The molecule has 1 heterocycles. The van der Waals surface area contributed by atoms with Gasteiger partial charge in [0.1, 0.15) is 11.9 Å². The molecule has 1 aliphatic heterocycles. The molecule has 1 atom stereocenters. The fourth-order valence-corrected chi connectivity index (χ4v) is 2.37. The Kier molecular flexibility index (Phi) is 5.97. The van der Waals surface area contributed by atoms with Crippen LogP contribution in [0.3, 0.4) is 0 Å². The third-order valence-corrected chi connectivity index (χ3v) is 3.77.